The van der Waals surface area contributed by atoms with Crippen molar-refractivity contribution in [3.05, 3.63) is 34.6 Å². The van der Waals surface area contributed by atoms with Crippen molar-refractivity contribution in [2.45, 2.75) is 31.8 Å². The third-order valence-electron chi connectivity index (χ3n) is 5.35. The Morgan fingerprint density at radius 3 is 2.68 bits per heavy atom. The average molecular weight is 427 g/mol. The number of hydrogen-bond donors (Lipinski definition) is 3. The highest BCUT2D eigenvalue weighted by atomic mass is 79.9. The van der Waals surface area contributed by atoms with Crippen molar-refractivity contribution in [3.63, 3.8) is 0 Å². The fourth-order valence-corrected chi connectivity index (χ4v) is 4.38. The van der Waals surface area contributed by atoms with Crippen LogP contribution in [0.15, 0.2) is 28.7 Å². The van der Waals surface area contributed by atoms with Crippen LogP contribution in [0.1, 0.15) is 25.1 Å². The molecular formula is C17H21BrClN5O. The van der Waals surface area contributed by atoms with Gasteiger partial charge in [-0.1, -0.05) is 28.1 Å². The van der Waals surface area contributed by atoms with E-state index >= 15 is 0 Å². The number of aromatic amines is 1. The molecule has 2 aliphatic carbocycles. The van der Waals surface area contributed by atoms with Gasteiger partial charge in [-0.15, -0.1) is 12.4 Å². The summed E-state index contributed by atoms with van der Waals surface area (Å²) >= 11 is 3.41. The van der Waals surface area contributed by atoms with Crippen LogP contribution in [0.2, 0.25) is 0 Å². The fraction of sp³-hybridized carbons (Fsp3) is 0.471. The summed E-state index contributed by atoms with van der Waals surface area (Å²) in [5.74, 6) is 2.27. The smallest absolute Gasteiger partial charge is 0.225 e. The lowest BCUT2D eigenvalue weighted by atomic mass is 9.84. The van der Waals surface area contributed by atoms with Gasteiger partial charge in [0.1, 0.15) is 5.82 Å². The minimum absolute atomic E-state index is 0. The minimum Gasteiger partial charge on any atom is -0.349 e. The van der Waals surface area contributed by atoms with Crippen molar-refractivity contribution in [2.24, 2.45) is 23.5 Å². The van der Waals surface area contributed by atoms with E-state index in [0.29, 0.717) is 30.0 Å². The van der Waals surface area contributed by atoms with Crippen molar-refractivity contribution in [2.75, 3.05) is 0 Å². The molecule has 0 spiro atoms. The summed E-state index contributed by atoms with van der Waals surface area (Å²) < 4.78 is 1.01. The molecule has 2 aromatic rings. The highest BCUT2D eigenvalue weighted by Gasteiger charge is 2.48. The molecule has 1 heterocycles. The second kappa shape index (κ2) is 7.43. The number of H-pyrrole nitrogens is 1. The number of nitrogens with zero attached hydrogens (tertiary/aromatic N) is 2. The molecule has 0 saturated heterocycles. The van der Waals surface area contributed by atoms with E-state index in [1.807, 2.05) is 24.3 Å². The van der Waals surface area contributed by atoms with Gasteiger partial charge in [-0.2, -0.15) is 5.10 Å². The van der Waals surface area contributed by atoms with E-state index in [0.717, 1.165) is 22.9 Å². The Hall–Kier alpha value is -1.44. The van der Waals surface area contributed by atoms with Crippen molar-refractivity contribution in [1.82, 2.24) is 20.5 Å². The second-order valence-electron chi connectivity index (χ2n) is 6.77. The van der Waals surface area contributed by atoms with Gasteiger partial charge < -0.3 is 11.1 Å². The van der Waals surface area contributed by atoms with E-state index < -0.39 is 0 Å². The summed E-state index contributed by atoms with van der Waals surface area (Å²) in [6.45, 7) is 0.350. The van der Waals surface area contributed by atoms with Crippen LogP contribution in [-0.2, 0) is 11.3 Å². The zero-order chi connectivity index (χ0) is 16.7. The zero-order valence-corrected chi connectivity index (χ0v) is 16.0. The number of aromatic nitrogens is 3. The first-order valence-electron chi connectivity index (χ1n) is 8.32. The van der Waals surface area contributed by atoms with Gasteiger partial charge in [-0.25, -0.2) is 4.98 Å². The quantitative estimate of drug-likeness (QED) is 0.700. The highest BCUT2D eigenvalue weighted by molar-refractivity contribution is 9.10. The first-order chi connectivity index (χ1) is 11.6. The van der Waals surface area contributed by atoms with Crippen LogP contribution in [0.5, 0.6) is 0 Å². The Morgan fingerprint density at radius 2 is 2.00 bits per heavy atom. The third-order valence-corrected chi connectivity index (χ3v) is 5.88. The lowest BCUT2D eigenvalue weighted by molar-refractivity contribution is -0.127. The van der Waals surface area contributed by atoms with Crippen LogP contribution in [0.25, 0.3) is 11.4 Å². The van der Waals surface area contributed by atoms with Gasteiger partial charge in [0, 0.05) is 16.1 Å². The van der Waals surface area contributed by atoms with Gasteiger partial charge in [0.2, 0.25) is 5.91 Å². The van der Waals surface area contributed by atoms with Crippen LogP contribution in [0, 0.1) is 17.8 Å². The molecule has 25 heavy (non-hydrogen) atoms. The maximum absolute atomic E-state index is 12.5. The molecule has 1 aromatic heterocycles. The summed E-state index contributed by atoms with van der Waals surface area (Å²) in [4.78, 5) is 16.9. The average Bonchev–Trinajstić information content (AvgIpc) is 3.29. The fourth-order valence-electron chi connectivity index (χ4n) is 4.12. The number of hydrogen-bond acceptors (Lipinski definition) is 4. The van der Waals surface area contributed by atoms with Crippen LogP contribution >= 0.6 is 28.3 Å². The molecule has 4 N–H and O–H groups in total. The van der Waals surface area contributed by atoms with Gasteiger partial charge in [-0.3, -0.25) is 9.89 Å². The molecule has 6 nitrogen and oxygen atoms in total. The number of carbonyl (C=O) groups is 1. The van der Waals surface area contributed by atoms with Gasteiger partial charge in [0.05, 0.1) is 12.5 Å². The van der Waals surface area contributed by atoms with Crippen LogP contribution in [0.4, 0.5) is 0 Å². The van der Waals surface area contributed by atoms with Gasteiger partial charge >= 0.3 is 0 Å². The molecule has 8 heteroatoms. The van der Waals surface area contributed by atoms with E-state index in [2.05, 4.69) is 36.4 Å². The molecule has 2 fully saturated rings. The van der Waals surface area contributed by atoms with Gasteiger partial charge in [0.15, 0.2) is 5.82 Å². The van der Waals surface area contributed by atoms with E-state index in [1.165, 1.54) is 6.42 Å². The Balaban J connectivity index is 0.00000182. The zero-order valence-electron chi connectivity index (χ0n) is 13.6. The number of amides is 1. The molecular weight excluding hydrogens is 406 g/mol. The molecule has 0 aliphatic heterocycles. The molecule has 0 radical (unpaired) electrons. The molecule has 2 saturated carbocycles. The maximum atomic E-state index is 12.5. The molecule has 1 amide bonds. The Bertz CT molecular complexity index is 748. The molecule has 2 aliphatic rings. The normalized spacial score (nSPS) is 27.1. The van der Waals surface area contributed by atoms with Crippen molar-refractivity contribution in [1.29, 1.82) is 0 Å². The lowest BCUT2D eigenvalue weighted by Crippen LogP contribution is -2.45. The number of nitrogens with two attached hydrogens (primary N) is 1. The number of nitrogens with one attached hydrogen (secondary N) is 2. The van der Waals surface area contributed by atoms with Crippen molar-refractivity contribution in [3.8, 4) is 11.4 Å². The van der Waals surface area contributed by atoms with Crippen molar-refractivity contribution < 1.29 is 4.79 Å². The maximum Gasteiger partial charge on any atom is 0.225 e. The number of rotatable bonds is 4. The highest BCUT2D eigenvalue weighted by Crippen LogP contribution is 2.47. The summed E-state index contributed by atoms with van der Waals surface area (Å²) in [6, 6.07) is 7.80. The van der Waals surface area contributed by atoms with E-state index in [1.54, 1.807) is 0 Å². The van der Waals surface area contributed by atoms with Gasteiger partial charge in [-0.05, 0) is 43.2 Å². The number of benzene rings is 1. The third kappa shape index (κ3) is 3.59. The minimum atomic E-state index is -0.0439. The van der Waals surface area contributed by atoms with E-state index in [4.69, 9.17) is 5.73 Å². The van der Waals surface area contributed by atoms with Gasteiger partial charge in [0.25, 0.3) is 0 Å². The molecule has 134 valence electrons. The largest absolute Gasteiger partial charge is 0.349 e. The molecule has 4 unspecified atom stereocenters. The summed E-state index contributed by atoms with van der Waals surface area (Å²) in [5, 5.41) is 10.1. The predicted octanol–water partition coefficient (Wildman–Crippen LogP) is 2.65. The standard InChI is InChI=1S/C17H20BrN5O.ClH/c18-12-5-3-9(4-6-12)16-21-13(22-23-16)8-20-17(24)14-10-1-2-11(7-10)15(14)19;/h3-6,10-11,14-15H,1-2,7-8,19H2,(H,20,24)(H,21,22,23);1H. The van der Waals surface area contributed by atoms with E-state index in [-0.39, 0.29) is 30.3 Å². The number of fused-ring (bicyclic) bond motifs is 2. The second-order valence-corrected chi connectivity index (χ2v) is 7.68. The van der Waals surface area contributed by atoms with Crippen molar-refractivity contribution >= 4 is 34.2 Å². The lowest BCUT2D eigenvalue weighted by Gasteiger charge is -2.26. The van der Waals surface area contributed by atoms with Crippen LogP contribution < -0.4 is 11.1 Å². The first-order valence-corrected chi connectivity index (χ1v) is 9.11. The first kappa shape index (κ1) is 18.4. The Kier molecular flexibility index (Phi) is 5.46. The molecule has 2 bridgehead atoms. The summed E-state index contributed by atoms with van der Waals surface area (Å²) in [7, 11) is 0. The Morgan fingerprint density at radius 1 is 1.28 bits per heavy atom. The molecule has 4 rings (SSSR count). The predicted molar refractivity (Wildman–Crippen MR) is 101 cm³/mol. The number of carbonyl (C=O) groups excluding carboxylic acids is 1. The molecule has 4 atom stereocenters. The Labute approximate surface area is 160 Å². The molecule has 1 aromatic carbocycles. The van der Waals surface area contributed by atoms with Crippen LogP contribution in [-0.4, -0.2) is 27.1 Å². The monoisotopic (exact) mass is 425 g/mol. The van der Waals surface area contributed by atoms with E-state index in [9.17, 15) is 4.79 Å². The van der Waals surface area contributed by atoms with Crippen LogP contribution in [0.3, 0.4) is 0 Å². The number of halogens is 2. The summed E-state index contributed by atoms with van der Waals surface area (Å²) in [6.07, 6.45) is 3.41. The topological polar surface area (TPSA) is 96.7 Å². The SMILES string of the molecule is Cl.NC1C2CCC(C2)C1C(=O)NCc1nc(-c2ccc(Br)cc2)n[nH]1. The summed E-state index contributed by atoms with van der Waals surface area (Å²) in [5.41, 5.74) is 7.16.